The van der Waals surface area contributed by atoms with Crippen LogP contribution in [0.5, 0.6) is 0 Å². The summed E-state index contributed by atoms with van der Waals surface area (Å²) >= 11 is 0. The summed E-state index contributed by atoms with van der Waals surface area (Å²) in [4.78, 5) is 25.9. The number of hydrogen-bond acceptors (Lipinski definition) is 3. The van der Waals surface area contributed by atoms with E-state index in [2.05, 4.69) is 5.32 Å². The highest BCUT2D eigenvalue weighted by Crippen LogP contribution is 2.29. The van der Waals surface area contributed by atoms with Gasteiger partial charge in [-0.1, -0.05) is 6.42 Å². The van der Waals surface area contributed by atoms with Gasteiger partial charge in [-0.15, -0.1) is 0 Å². The Hall–Kier alpha value is -1.26. The number of alkyl carbamates (subject to hydrolysis) is 1. The second kappa shape index (κ2) is 6.02. The van der Waals surface area contributed by atoms with Crippen LogP contribution in [-0.2, 0) is 9.53 Å². The summed E-state index contributed by atoms with van der Waals surface area (Å²) in [6, 6.07) is 0.0163. The Morgan fingerprint density at radius 2 is 1.85 bits per heavy atom. The molecule has 114 valence electrons. The first-order chi connectivity index (χ1) is 9.35. The average molecular weight is 282 g/mol. The van der Waals surface area contributed by atoms with E-state index in [0.717, 1.165) is 32.2 Å². The summed E-state index contributed by atoms with van der Waals surface area (Å²) in [6.07, 6.45) is 4.69. The lowest BCUT2D eigenvalue weighted by Crippen LogP contribution is -2.52. The Bertz CT molecular complexity index is 372. The number of carbonyl (C=O) groups excluding carboxylic acids is 2. The van der Waals surface area contributed by atoms with E-state index in [0.29, 0.717) is 6.54 Å². The summed E-state index contributed by atoms with van der Waals surface area (Å²) in [5, 5.41) is 2.88. The Morgan fingerprint density at radius 3 is 2.40 bits per heavy atom. The first-order valence-corrected chi connectivity index (χ1v) is 7.63. The van der Waals surface area contributed by atoms with Crippen LogP contribution in [0.4, 0.5) is 4.79 Å². The second-order valence-corrected chi connectivity index (χ2v) is 6.90. The van der Waals surface area contributed by atoms with E-state index in [1.54, 1.807) is 0 Å². The van der Waals surface area contributed by atoms with Crippen LogP contribution in [-0.4, -0.2) is 41.6 Å². The van der Waals surface area contributed by atoms with E-state index in [9.17, 15) is 9.59 Å². The van der Waals surface area contributed by atoms with Crippen molar-refractivity contribution in [2.45, 2.75) is 64.5 Å². The van der Waals surface area contributed by atoms with Crippen LogP contribution in [0, 0.1) is 5.92 Å². The molecule has 2 rings (SSSR count). The average Bonchev–Trinajstić information content (AvgIpc) is 2.24. The van der Waals surface area contributed by atoms with Crippen molar-refractivity contribution in [3.8, 4) is 0 Å². The van der Waals surface area contributed by atoms with Crippen molar-refractivity contribution in [2.24, 2.45) is 5.92 Å². The van der Waals surface area contributed by atoms with Crippen LogP contribution in [0.3, 0.4) is 0 Å². The number of amides is 2. The summed E-state index contributed by atoms with van der Waals surface area (Å²) in [5.41, 5.74) is -0.486. The number of nitrogens with one attached hydrogen (secondary N) is 1. The number of likely N-dealkylation sites (tertiary alicyclic amines) is 1. The molecule has 0 radical (unpaired) electrons. The third kappa shape index (κ3) is 4.12. The van der Waals surface area contributed by atoms with Gasteiger partial charge in [-0.2, -0.15) is 0 Å². The molecule has 1 N–H and O–H groups in total. The summed E-state index contributed by atoms with van der Waals surface area (Å²) in [6.45, 7) is 6.98. The van der Waals surface area contributed by atoms with Crippen molar-refractivity contribution in [3.05, 3.63) is 0 Å². The smallest absolute Gasteiger partial charge is 0.407 e. The lowest BCUT2D eigenvalue weighted by molar-refractivity contribution is -0.139. The number of carbonyl (C=O) groups is 2. The van der Waals surface area contributed by atoms with E-state index in [1.807, 2.05) is 25.7 Å². The van der Waals surface area contributed by atoms with Gasteiger partial charge in [0.1, 0.15) is 5.60 Å². The van der Waals surface area contributed by atoms with Gasteiger partial charge in [-0.05, 0) is 46.5 Å². The Balaban J connectivity index is 1.81. The zero-order valence-corrected chi connectivity index (χ0v) is 12.8. The highest BCUT2D eigenvalue weighted by atomic mass is 16.6. The highest BCUT2D eigenvalue weighted by molar-refractivity contribution is 5.79. The fourth-order valence-corrected chi connectivity index (χ4v) is 2.68. The van der Waals surface area contributed by atoms with Crippen LogP contribution < -0.4 is 5.32 Å². The van der Waals surface area contributed by atoms with Crippen molar-refractivity contribution < 1.29 is 14.3 Å². The lowest BCUT2D eigenvalue weighted by atomic mass is 9.84. The zero-order valence-electron chi connectivity index (χ0n) is 12.8. The minimum absolute atomic E-state index is 0.0163. The van der Waals surface area contributed by atoms with Gasteiger partial charge in [0.2, 0.25) is 5.91 Å². The Labute approximate surface area is 121 Å². The molecule has 1 saturated heterocycles. The molecule has 1 saturated carbocycles. The Kier molecular flexibility index (Phi) is 4.55. The minimum Gasteiger partial charge on any atom is -0.444 e. The van der Waals surface area contributed by atoms with E-state index in [4.69, 9.17) is 4.74 Å². The molecule has 1 heterocycles. The van der Waals surface area contributed by atoms with Gasteiger partial charge in [0.25, 0.3) is 0 Å². The quantitative estimate of drug-likeness (QED) is 0.845. The fraction of sp³-hybridized carbons (Fsp3) is 0.867. The summed E-state index contributed by atoms with van der Waals surface area (Å²) < 4.78 is 5.26. The first kappa shape index (κ1) is 15.1. The predicted octanol–water partition coefficient (Wildman–Crippen LogP) is 2.30. The molecule has 0 aromatic heterocycles. The molecule has 0 spiro atoms. The van der Waals surface area contributed by atoms with Gasteiger partial charge in [0, 0.05) is 25.0 Å². The maximum Gasteiger partial charge on any atom is 0.407 e. The van der Waals surface area contributed by atoms with Crippen molar-refractivity contribution in [3.63, 3.8) is 0 Å². The maximum atomic E-state index is 12.2. The normalized spacial score (nSPS) is 23.9. The lowest BCUT2D eigenvalue weighted by Gasteiger charge is -2.37. The Morgan fingerprint density at radius 1 is 1.15 bits per heavy atom. The molecule has 0 unspecified atom stereocenters. The molecule has 1 atom stereocenters. The molecule has 20 heavy (non-hydrogen) atoms. The molecule has 5 nitrogen and oxygen atoms in total. The van der Waals surface area contributed by atoms with Crippen molar-refractivity contribution >= 4 is 12.0 Å². The second-order valence-electron chi connectivity index (χ2n) is 6.90. The van der Waals surface area contributed by atoms with Crippen LogP contribution in [0.1, 0.15) is 52.9 Å². The monoisotopic (exact) mass is 282 g/mol. The molecule has 0 aromatic carbocycles. The molecular weight excluding hydrogens is 256 g/mol. The maximum absolute atomic E-state index is 12.2. The molecule has 1 aliphatic carbocycles. The number of ether oxygens (including phenoxy) is 1. The van der Waals surface area contributed by atoms with Gasteiger partial charge in [0.15, 0.2) is 0 Å². The topological polar surface area (TPSA) is 58.6 Å². The molecule has 0 aromatic rings. The minimum atomic E-state index is -0.486. The highest BCUT2D eigenvalue weighted by Gasteiger charge is 2.32. The largest absolute Gasteiger partial charge is 0.444 e. The summed E-state index contributed by atoms with van der Waals surface area (Å²) in [5.74, 6) is 0.502. The van der Waals surface area contributed by atoms with Crippen molar-refractivity contribution in [2.75, 3.05) is 13.1 Å². The van der Waals surface area contributed by atoms with Gasteiger partial charge in [0.05, 0.1) is 0 Å². The van der Waals surface area contributed by atoms with Crippen LogP contribution in [0.2, 0.25) is 0 Å². The third-order valence-corrected chi connectivity index (χ3v) is 3.91. The SMILES string of the molecule is CC(C)(C)OC(=O)N[C@@H]1CCCN(C(=O)C2CCC2)C1. The molecule has 2 amide bonds. The van der Waals surface area contributed by atoms with Gasteiger partial charge < -0.3 is 15.0 Å². The molecule has 5 heteroatoms. The van der Waals surface area contributed by atoms with Crippen molar-refractivity contribution in [1.29, 1.82) is 0 Å². The molecule has 1 aliphatic heterocycles. The number of hydrogen-bond donors (Lipinski definition) is 1. The predicted molar refractivity (Wildman–Crippen MR) is 76.3 cm³/mol. The van der Waals surface area contributed by atoms with Crippen LogP contribution >= 0.6 is 0 Å². The zero-order chi connectivity index (χ0) is 14.8. The van der Waals surface area contributed by atoms with Crippen LogP contribution in [0.15, 0.2) is 0 Å². The van der Waals surface area contributed by atoms with Gasteiger partial charge in [-0.3, -0.25) is 4.79 Å². The summed E-state index contributed by atoms with van der Waals surface area (Å²) in [7, 11) is 0. The van der Waals surface area contributed by atoms with E-state index < -0.39 is 5.60 Å². The molecule has 2 fully saturated rings. The van der Waals surface area contributed by atoms with Crippen LogP contribution in [0.25, 0.3) is 0 Å². The van der Waals surface area contributed by atoms with E-state index in [1.165, 1.54) is 6.42 Å². The van der Waals surface area contributed by atoms with E-state index in [-0.39, 0.29) is 24.0 Å². The fourth-order valence-electron chi connectivity index (χ4n) is 2.68. The first-order valence-electron chi connectivity index (χ1n) is 7.63. The van der Waals surface area contributed by atoms with Gasteiger partial charge in [-0.25, -0.2) is 4.79 Å². The van der Waals surface area contributed by atoms with Gasteiger partial charge >= 0.3 is 6.09 Å². The number of rotatable bonds is 2. The number of nitrogens with zero attached hydrogens (tertiary/aromatic N) is 1. The molecule has 0 bridgehead atoms. The third-order valence-electron chi connectivity index (χ3n) is 3.91. The standard InChI is InChI=1S/C15H26N2O3/c1-15(2,3)20-14(19)16-12-8-5-9-17(10-12)13(18)11-6-4-7-11/h11-12H,4-10H2,1-3H3,(H,16,19)/t12-/m1/s1. The molecule has 2 aliphatic rings. The van der Waals surface area contributed by atoms with Crippen molar-refractivity contribution in [1.82, 2.24) is 10.2 Å². The number of piperidine rings is 1. The molecular formula is C15H26N2O3. The van der Waals surface area contributed by atoms with E-state index >= 15 is 0 Å².